The molecule has 4 aromatic rings. The van der Waals surface area contributed by atoms with Crippen molar-refractivity contribution in [2.75, 3.05) is 10.6 Å². The number of aromatic nitrogens is 2. The van der Waals surface area contributed by atoms with Crippen molar-refractivity contribution < 1.29 is 4.79 Å². The van der Waals surface area contributed by atoms with Crippen LogP contribution >= 0.6 is 0 Å². The molecule has 0 aliphatic rings. The van der Waals surface area contributed by atoms with Crippen LogP contribution in [0.5, 0.6) is 0 Å². The Bertz CT molecular complexity index is 1200. The zero-order chi connectivity index (χ0) is 20.4. The molecule has 0 aliphatic heterocycles. The molecular formula is C24H22N4O. The maximum atomic E-state index is 11.3. The number of nitrogens with zero attached hydrogens (tertiary/aromatic N) is 2. The summed E-state index contributed by atoms with van der Waals surface area (Å²) in [5.41, 5.74) is 7.72. The summed E-state index contributed by atoms with van der Waals surface area (Å²) in [4.78, 5) is 20.2. The number of anilines is 3. The molecule has 5 nitrogen and oxygen atoms in total. The van der Waals surface area contributed by atoms with Gasteiger partial charge in [-0.2, -0.15) is 0 Å². The summed E-state index contributed by atoms with van der Waals surface area (Å²) in [5.74, 6) is -0.0798. The van der Waals surface area contributed by atoms with Gasteiger partial charge in [0.2, 0.25) is 5.91 Å². The Morgan fingerprint density at radius 2 is 1.69 bits per heavy atom. The minimum absolute atomic E-state index is 0.0798. The van der Waals surface area contributed by atoms with Gasteiger partial charge in [0, 0.05) is 41.1 Å². The summed E-state index contributed by atoms with van der Waals surface area (Å²) < 4.78 is 0. The van der Waals surface area contributed by atoms with E-state index in [4.69, 9.17) is 0 Å². The van der Waals surface area contributed by atoms with Crippen molar-refractivity contribution in [1.82, 2.24) is 9.97 Å². The van der Waals surface area contributed by atoms with E-state index < -0.39 is 0 Å². The average molecular weight is 382 g/mol. The third-order valence-electron chi connectivity index (χ3n) is 4.70. The second kappa shape index (κ2) is 7.72. The maximum absolute atomic E-state index is 11.3. The quantitative estimate of drug-likeness (QED) is 0.481. The van der Waals surface area contributed by atoms with E-state index in [2.05, 4.69) is 45.7 Å². The van der Waals surface area contributed by atoms with E-state index in [9.17, 15) is 4.79 Å². The Hall–Kier alpha value is -3.73. The van der Waals surface area contributed by atoms with E-state index in [0.29, 0.717) is 0 Å². The first-order chi connectivity index (χ1) is 14.0. The number of hydrogen-bond acceptors (Lipinski definition) is 4. The molecule has 29 heavy (non-hydrogen) atoms. The lowest BCUT2D eigenvalue weighted by Gasteiger charge is -2.15. The van der Waals surface area contributed by atoms with Gasteiger partial charge in [0.05, 0.1) is 5.69 Å². The van der Waals surface area contributed by atoms with Crippen LogP contribution in [0.1, 0.15) is 18.2 Å². The van der Waals surface area contributed by atoms with Gasteiger partial charge in [-0.3, -0.25) is 4.79 Å². The van der Waals surface area contributed by atoms with E-state index in [0.717, 1.165) is 44.9 Å². The standard InChI is InChI=1S/C24H22N4O/c1-15-4-10-20(18-6-8-19(9-7-18)27-17(3)29)23(14-15)28-22-12-13-25-24-21(22)11-5-16(2)26-24/h4-14H,1-3H3,(H,27,29)(H,25,26,28). The smallest absolute Gasteiger partial charge is 0.221 e. The van der Waals surface area contributed by atoms with Gasteiger partial charge in [0.15, 0.2) is 5.65 Å². The van der Waals surface area contributed by atoms with E-state index in [1.807, 2.05) is 49.4 Å². The molecule has 4 rings (SSSR count). The number of amides is 1. The van der Waals surface area contributed by atoms with E-state index >= 15 is 0 Å². The zero-order valence-corrected chi connectivity index (χ0v) is 16.7. The lowest BCUT2D eigenvalue weighted by molar-refractivity contribution is -0.114. The lowest BCUT2D eigenvalue weighted by atomic mass is 10.0. The van der Waals surface area contributed by atoms with Crippen molar-refractivity contribution in [2.24, 2.45) is 0 Å². The molecule has 0 fully saturated rings. The Labute approximate surface area is 169 Å². The van der Waals surface area contributed by atoms with Crippen molar-refractivity contribution in [3.63, 3.8) is 0 Å². The van der Waals surface area contributed by atoms with E-state index in [1.54, 1.807) is 6.20 Å². The second-order valence-electron chi connectivity index (χ2n) is 7.11. The van der Waals surface area contributed by atoms with Crippen LogP contribution in [0, 0.1) is 13.8 Å². The fraction of sp³-hybridized carbons (Fsp3) is 0.125. The maximum Gasteiger partial charge on any atom is 0.221 e. The molecule has 0 aliphatic carbocycles. The minimum atomic E-state index is -0.0798. The molecule has 2 aromatic heterocycles. The molecule has 2 aromatic carbocycles. The second-order valence-corrected chi connectivity index (χ2v) is 7.11. The molecule has 0 saturated carbocycles. The van der Waals surface area contributed by atoms with Crippen molar-refractivity contribution in [2.45, 2.75) is 20.8 Å². The molecule has 0 saturated heterocycles. The largest absolute Gasteiger partial charge is 0.354 e. The molecule has 5 heteroatoms. The molecule has 0 spiro atoms. The Kier molecular flexibility index (Phi) is 4.96. The molecular weight excluding hydrogens is 360 g/mol. The van der Waals surface area contributed by atoms with Crippen molar-refractivity contribution >= 4 is 34.0 Å². The third-order valence-corrected chi connectivity index (χ3v) is 4.70. The van der Waals surface area contributed by atoms with Gasteiger partial charge < -0.3 is 10.6 Å². The van der Waals surface area contributed by atoms with Crippen LogP contribution in [0.25, 0.3) is 22.2 Å². The molecule has 2 heterocycles. The van der Waals surface area contributed by atoms with Crippen LogP contribution in [0.4, 0.5) is 17.1 Å². The number of fused-ring (bicyclic) bond motifs is 1. The zero-order valence-electron chi connectivity index (χ0n) is 16.7. The molecule has 0 atom stereocenters. The first kappa shape index (κ1) is 18.6. The predicted octanol–water partition coefficient (Wildman–Crippen LogP) is 5.62. The SMILES string of the molecule is CC(=O)Nc1ccc(-c2ccc(C)cc2Nc2ccnc3nc(C)ccc23)cc1. The van der Waals surface area contributed by atoms with Gasteiger partial charge in [-0.15, -0.1) is 0 Å². The lowest BCUT2D eigenvalue weighted by Crippen LogP contribution is -2.05. The fourth-order valence-corrected chi connectivity index (χ4v) is 3.33. The number of nitrogens with one attached hydrogen (secondary N) is 2. The van der Waals surface area contributed by atoms with Crippen LogP contribution < -0.4 is 10.6 Å². The number of hydrogen-bond donors (Lipinski definition) is 2. The molecule has 0 unspecified atom stereocenters. The Balaban J connectivity index is 1.74. The molecule has 2 N–H and O–H groups in total. The summed E-state index contributed by atoms with van der Waals surface area (Å²) in [5, 5.41) is 7.35. The van der Waals surface area contributed by atoms with Crippen molar-refractivity contribution in [3.05, 3.63) is 78.1 Å². The Morgan fingerprint density at radius 1 is 0.897 bits per heavy atom. The third kappa shape index (κ3) is 4.09. The molecule has 0 radical (unpaired) electrons. The first-order valence-corrected chi connectivity index (χ1v) is 9.48. The number of aryl methyl sites for hydroxylation is 2. The monoisotopic (exact) mass is 382 g/mol. The van der Waals surface area contributed by atoms with Gasteiger partial charge in [0.25, 0.3) is 0 Å². The van der Waals surface area contributed by atoms with Crippen LogP contribution in [0.15, 0.2) is 66.9 Å². The normalized spacial score (nSPS) is 10.7. The number of pyridine rings is 2. The average Bonchev–Trinajstić information content (AvgIpc) is 2.68. The van der Waals surface area contributed by atoms with Crippen LogP contribution in [0.3, 0.4) is 0 Å². The molecule has 0 bridgehead atoms. The van der Waals surface area contributed by atoms with Crippen molar-refractivity contribution in [3.8, 4) is 11.1 Å². The van der Waals surface area contributed by atoms with Crippen LogP contribution in [-0.2, 0) is 4.79 Å². The van der Waals surface area contributed by atoms with Gasteiger partial charge in [-0.05, 0) is 61.4 Å². The molecule has 144 valence electrons. The number of carbonyl (C=O) groups excluding carboxylic acids is 1. The van der Waals surface area contributed by atoms with Crippen LogP contribution in [0.2, 0.25) is 0 Å². The van der Waals surface area contributed by atoms with Gasteiger partial charge in [-0.1, -0.05) is 24.3 Å². The highest BCUT2D eigenvalue weighted by Crippen LogP contribution is 2.33. The van der Waals surface area contributed by atoms with E-state index in [-0.39, 0.29) is 5.91 Å². The summed E-state index contributed by atoms with van der Waals surface area (Å²) in [6.45, 7) is 5.54. The highest BCUT2D eigenvalue weighted by molar-refractivity contribution is 5.93. The van der Waals surface area contributed by atoms with Gasteiger partial charge in [-0.25, -0.2) is 9.97 Å². The Morgan fingerprint density at radius 3 is 2.45 bits per heavy atom. The minimum Gasteiger partial charge on any atom is -0.354 e. The highest BCUT2D eigenvalue weighted by Gasteiger charge is 2.09. The fourth-order valence-electron chi connectivity index (χ4n) is 3.33. The number of carbonyl (C=O) groups is 1. The summed E-state index contributed by atoms with van der Waals surface area (Å²) >= 11 is 0. The molecule has 1 amide bonds. The summed E-state index contributed by atoms with van der Waals surface area (Å²) in [6, 6.07) is 20.2. The van der Waals surface area contributed by atoms with Crippen molar-refractivity contribution in [1.29, 1.82) is 0 Å². The topological polar surface area (TPSA) is 66.9 Å². The summed E-state index contributed by atoms with van der Waals surface area (Å²) in [7, 11) is 0. The number of rotatable bonds is 4. The highest BCUT2D eigenvalue weighted by atomic mass is 16.1. The van der Waals surface area contributed by atoms with Gasteiger partial charge >= 0.3 is 0 Å². The van der Waals surface area contributed by atoms with Crippen LogP contribution in [-0.4, -0.2) is 15.9 Å². The predicted molar refractivity (Wildman–Crippen MR) is 118 cm³/mol. The van der Waals surface area contributed by atoms with Gasteiger partial charge in [0.1, 0.15) is 0 Å². The van der Waals surface area contributed by atoms with E-state index in [1.165, 1.54) is 12.5 Å². The first-order valence-electron chi connectivity index (χ1n) is 9.48. The summed E-state index contributed by atoms with van der Waals surface area (Å²) in [6.07, 6.45) is 1.77. The number of benzene rings is 2.